The van der Waals surface area contributed by atoms with E-state index in [2.05, 4.69) is 26.1 Å². The molecule has 1 fully saturated rings. The number of sulfonamides is 1. The van der Waals surface area contributed by atoms with Crippen LogP contribution >= 0.6 is 23.4 Å². The lowest BCUT2D eigenvalue weighted by Crippen LogP contribution is -2.46. The molecule has 0 bridgehead atoms. The first-order valence-electron chi connectivity index (χ1n) is 9.21. The number of rotatable bonds is 7. The van der Waals surface area contributed by atoms with Crippen LogP contribution in [0.15, 0.2) is 24.3 Å². The Bertz CT molecular complexity index is 748. The molecule has 8 heteroatoms. The van der Waals surface area contributed by atoms with Crippen molar-refractivity contribution in [1.82, 2.24) is 9.62 Å². The Balaban J connectivity index is 1.89. The van der Waals surface area contributed by atoms with Crippen LogP contribution in [0.5, 0.6) is 0 Å². The van der Waals surface area contributed by atoms with Crippen LogP contribution in [0, 0.1) is 5.92 Å². The quantitative estimate of drug-likeness (QED) is 0.669. The summed E-state index contributed by atoms with van der Waals surface area (Å²) < 4.78 is 27.1. The third kappa shape index (κ3) is 7.64. The molecule has 1 heterocycles. The van der Waals surface area contributed by atoms with Gasteiger partial charge in [-0.15, -0.1) is 0 Å². The average Bonchev–Trinajstić information content (AvgIpc) is 2.57. The zero-order valence-electron chi connectivity index (χ0n) is 16.2. The number of nitrogens with one attached hydrogen (secondary N) is 1. The molecule has 2 rings (SSSR count). The van der Waals surface area contributed by atoms with Crippen molar-refractivity contribution in [2.45, 2.75) is 44.1 Å². The minimum absolute atomic E-state index is 0.0489. The summed E-state index contributed by atoms with van der Waals surface area (Å²) in [6, 6.07) is 6.89. The first-order chi connectivity index (χ1) is 12.6. The molecule has 0 radical (unpaired) electrons. The van der Waals surface area contributed by atoms with Crippen LogP contribution in [0.4, 0.5) is 0 Å². The van der Waals surface area contributed by atoms with Gasteiger partial charge in [0.2, 0.25) is 15.9 Å². The van der Waals surface area contributed by atoms with Gasteiger partial charge in [0.25, 0.3) is 0 Å². The molecule has 0 unspecified atom stereocenters. The normalized spacial score (nSPS) is 19.0. The molecule has 1 amide bonds. The Morgan fingerprint density at radius 1 is 1.37 bits per heavy atom. The lowest BCUT2D eigenvalue weighted by atomic mass is 9.99. The number of nitrogens with zero attached hydrogens (tertiary/aromatic N) is 1. The molecular formula is C19H29ClN2O3S2. The Morgan fingerprint density at radius 3 is 2.78 bits per heavy atom. The third-order valence-electron chi connectivity index (χ3n) is 4.32. The van der Waals surface area contributed by atoms with Crippen molar-refractivity contribution in [3.63, 3.8) is 0 Å². The van der Waals surface area contributed by atoms with Crippen LogP contribution < -0.4 is 5.32 Å². The van der Waals surface area contributed by atoms with Gasteiger partial charge >= 0.3 is 0 Å². The molecule has 0 saturated carbocycles. The number of piperidine rings is 1. The van der Waals surface area contributed by atoms with Gasteiger partial charge in [-0.2, -0.15) is 11.8 Å². The van der Waals surface area contributed by atoms with E-state index in [-0.39, 0.29) is 28.9 Å². The van der Waals surface area contributed by atoms with Gasteiger partial charge in [0.05, 0.1) is 11.7 Å². The minimum Gasteiger partial charge on any atom is -0.355 e. The van der Waals surface area contributed by atoms with E-state index in [1.807, 2.05) is 0 Å². The second-order valence-electron chi connectivity index (χ2n) is 7.84. The third-order valence-corrected chi connectivity index (χ3v) is 7.65. The fourth-order valence-corrected chi connectivity index (χ4v) is 5.64. The molecule has 0 spiro atoms. The number of carbonyl (C=O) groups is 1. The highest BCUT2D eigenvalue weighted by molar-refractivity contribution is 8.00. The highest BCUT2D eigenvalue weighted by Gasteiger charge is 2.32. The van der Waals surface area contributed by atoms with Crippen LogP contribution in [-0.4, -0.2) is 48.8 Å². The number of hydrogen-bond donors (Lipinski definition) is 1. The van der Waals surface area contributed by atoms with Gasteiger partial charge < -0.3 is 5.32 Å². The minimum atomic E-state index is -3.47. The lowest BCUT2D eigenvalue weighted by Gasteiger charge is -2.31. The summed E-state index contributed by atoms with van der Waals surface area (Å²) in [5.74, 6) is 0.419. The molecule has 1 aromatic carbocycles. The Morgan fingerprint density at radius 2 is 2.11 bits per heavy atom. The maximum Gasteiger partial charge on any atom is 0.224 e. The summed E-state index contributed by atoms with van der Waals surface area (Å²) in [6.45, 7) is 7.75. The van der Waals surface area contributed by atoms with Crippen LogP contribution in [0.25, 0.3) is 0 Å². The molecule has 0 aliphatic carbocycles. The van der Waals surface area contributed by atoms with E-state index in [4.69, 9.17) is 11.6 Å². The van der Waals surface area contributed by atoms with Crippen LogP contribution in [0.2, 0.25) is 5.02 Å². The highest BCUT2D eigenvalue weighted by Crippen LogP contribution is 2.24. The predicted octanol–water partition coefficient (Wildman–Crippen LogP) is 3.53. The van der Waals surface area contributed by atoms with Gasteiger partial charge in [0.15, 0.2) is 0 Å². The van der Waals surface area contributed by atoms with Crippen molar-refractivity contribution in [2.24, 2.45) is 5.92 Å². The number of amides is 1. The van der Waals surface area contributed by atoms with Gasteiger partial charge in [-0.05, 0) is 30.5 Å². The molecule has 1 saturated heterocycles. The maximum atomic E-state index is 12.8. The number of thioether (sulfide) groups is 1. The first kappa shape index (κ1) is 22.5. The summed E-state index contributed by atoms with van der Waals surface area (Å²) in [7, 11) is -3.47. The summed E-state index contributed by atoms with van der Waals surface area (Å²) >= 11 is 7.75. The number of benzene rings is 1. The average molecular weight is 433 g/mol. The smallest absolute Gasteiger partial charge is 0.224 e. The van der Waals surface area contributed by atoms with Gasteiger partial charge in [-0.25, -0.2) is 12.7 Å². The zero-order chi connectivity index (χ0) is 20.1. The van der Waals surface area contributed by atoms with Crippen LogP contribution in [0.1, 0.15) is 39.2 Å². The molecule has 152 valence electrons. The van der Waals surface area contributed by atoms with Crippen molar-refractivity contribution >= 4 is 39.3 Å². The Labute approximate surface area is 172 Å². The Hall–Kier alpha value is -0.760. The summed E-state index contributed by atoms with van der Waals surface area (Å²) in [5.41, 5.74) is 0.660. The summed E-state index contributed by atoms with van der Waals surface area (Å²) in [5, 5.41) is 3.48. The van der Waals surface area contributed by atoms with Crippen molar-refractivity contribution in [1.29, 1.82) is 0 Å². The molecule has 27 heavy (non-hydrogen) atoms. The molecular weight excluding hydrogens is 404 g/mol. The number of carbonyl (C=O) groups excluding carboxylic acids is 1. The molecule has 1 N–H and O–H groups in total. The highest BCUT2D eigenvalue weighted by atomic mass is 35.5. The van der Waals surface area contributed by atoms with E-state index >= 15 is 0 Å². The van der Waals surface area contributed by atoms with Crippen LogP contribution in [0.3, 0.4) is 0 Å². The predicted molar refractivity (Wildman–Crippen MR) is 114 cm³/mol. The fourth-order valence-electron chi connectivity index (χ4n) is 3.01. The summed E-state index contributed by atoms with van der Waals surface area (Å²) in [4.78, 5) is 12.4. The van der Waals surface area contributed by atoms with Crippen molar-refractivity contribution in [3.05, 3.63) is 34.9 Å². The van der Waals surface area contributed by atoms with E-state index in [1.54, 1.807) is 36.0 Å². The first-order valence-corrected chi connectivity index (χ1v) is 12.2. The largest absolute Gasteiger partial charge is 0.355 e. The van der Waals surface area contributed by atoms with Gasteiger partial charge in [-0.3, -0.25) is 4.79 Å². The topological polar surface area (TPSA) is 66.5 Å². The molecule has 1 atom stereocenters. The fraction of sp³-hybridized carbons (Fsp3) is 0.632. The maximum absolute atomic E-state index is 12.8. The number of halogens is 1. The molecule has 5 nitrogen and oxygen atoms in total. The second kappa shape index (κ2) is 9.63. The lowest BCUT2D eigenvalue weighted by molar-refractivity contribution is -0.125. The van der Waals surface area contributed by atoms with E-state index in [0.717, 1.165) is 12.2 Å². The summed E-state index contributed by atoms with van der Waals surface area (Å²) in [6.07, 6.45) is 1.42. The van der Waals surface area contributed by atoms with E-state index in [9.17, 15) is 13.2 Å². The van der Waals surface area contributed by atoms with Gasteiger partial charge in [0, 0.05) is 35.2 Å². The zero-order valence-corrected chi connectivity index (χ0v) is 18.6. The van der Waals surface area contributed by atoms with Gasteiger partial charge in [-0.1, -0.05) is 44.5 Å². The van der Waals surface area contributed by atoms with E-state index in [1.165, 1.54) is 4.31 Å². The molecule has 1 aliphatic heterocycles. The van der Waals surface area contributed by atoms with Crippen molar-refractivity contribution < 1.29 is 13.2 Å². The van der Waals surface area contributed by atoms with Crippen LogP contribution in [-0.2, 0) is 20.6 Å². The molecule has 1 aliphatic rings. The monoisotopic (exact) mass is 432 g/mol. The standard InChI is InChI=1S/C19H29ClN2O3S2/c1-19(2,3)26-11-9-21-18(23)16-7-5-10-22(13-16)27(24,25)14-15-6-4-8-17(20)12-15/h4,6,8,12,16H,5,7,9-11,13-14H2,1-3H3,(H,21,23)/t16-/m1/s1. The van der Waals surface area contributed by atoms with Crippen molar-refractivity contribution in [3.8, 4) is 0 Å². The SMILES string of the molecule is CC(C)(C)SCCNC(=O)[C@@H]1CCCN(S(=O)(=O)Cc2cccc(Cl)c2)C1. The molecule has 1 aromatic rings. The van der Waals surface area contributed by atoms with E-state index in [0.29, 0.717) is 30.1 Å². The number of hydrogen-bond acceptors (Lipinski definition) is 4. The molecule has 0 aromatic heterocycles. The Kier molecular flexibility index (Phi) is 8.04. The second-order valence-corrected chi connectivity index (χ2v) is 12.2. The van der Waals surface area contributed by atoms with Gasteiger partial charge in [0.1, 0.15) is 0 Å². The van der Waals surface area contributed by atoms with E-state index < -0.39 is 10.0 Å². The van der Waals surface area contributed by atoms with Crippen molar-refractivity contribution in [2.75, 3.05) is 25.4 Å².